The number of hydrogen-bond donors (Lipinski definition) is 3. The van der Waals surface area contributed by atoms with E-state index in [1.165, 1.54) is 0 Å². The molecule has 4 aromatic carbocycles. The number of thioether (sulfide) groups is 1. The molecule has 6 rings (SSSR count). The molecule has 2 heterocycles. The van der Waals surface area contributed by atoms with Crippen LogP contribution >= 0.6 is 11.8 Å². The molecule has 1 aromatic heterocycles. The number of nitrogens with one attached hydrogen (secondary N) is 1. The molecule has 1 aliphatic heterocycles. The minimum atomic E-state index is -0.949. The second-order valence-corrected chi connectivity index (χ2v) is 12.8. The average molecular weight is 661 g/mol. The highest BCUT2D eigenvalue weighted by Gasteiger charge is 2.38. The van der Waals surface area contributed by atoms with Crippen molar-refractivity contribution in [2.24, 2.45) is 5.92 Å². The van der Waals surface area contributed by atoms with Gasteiger partial charge >= 0.3 is 5.97 Å². The molecule has 4 unspecified atom stereocenters. The molecular weight excluding hydrogens is 625 g/mol. The molecule has 1 amide bonds. The summed E-state index contributed by atoms with van der Waals surface area (Å²) in [5, 5.41) is 21.8. The summed E-state index contributed by atoms with van der Waals surface area (Å²) in [6, 6.07) is 34.4. The second kappa shape index (κ2) is 15.4. The standard InChI is InChI=1S/C39H36N2O6S/c1-25-35(24-48-34-17-15-30(16-18-34)38(44)45)46-39(47-36(25)29-9-7-26(23-42)8-10-29)31-13-11-28(12-14-31)32-5-2-4-27(20-32)21-41-37(43)33-6-3-19-40-22-33/h2-20,22,25,35-36,39,42H,21,23-24H2,1H3,(H,41,43)(H,44,45). The van der Waals surface area contributed by atoms with E-state index in [9.17, 15) is 19.8 Å². The minimum Gasteiger partial charge on any atom is -0.478 e. The largest absolute Gasteiger partial charge is 0.478 e. The molecule has 1 fully saturated rings. The Labute approximate surface area is 283 Å². The molecule has 8 nitrogen and oxygen atoms in total. The summed E-state index contributed by atoms with van der Waals surface area (Å²) < 4.78 is 13.2. The molecule has 48 heavy (non-hydrogen) atoms. The molecule has 0 aliphatic carbocycles. The van der Waals surface area contributed by atoms with Crippen LogP contribution in [0.25, 0.3) is 11.1 Å². The van der Waals surface area contributed by atoms with Gasteiger partial charge in [-0.25, -0.2) is 4.79 Å². The molecule has 1 saturated heterocycles. The molecule has 4 atom stereocenters. The number of benzene rings is 4. The number of carboxylic acids is 1. The van der Waals surface area contributed by atoms with Crippen LogP contribution < -0.4 is 5.32 Å². The van der Waals surface area contributed by atoms with Crippen molar-refractivity contribution in [3.63, 3.8) is 0 Å². The Morgan fingerprint density at radius 1 is 0.812 bits per heavy atom. The molecule has 0 spiro atoms. The smallest absolute Gasteiger partial charge is 0.335 e. The number of carbonyl (C=O) groups excluding carboxylic acids is 1. The van der Waals surface area contributed by atoms with Crippen LogP contribution in [0.4, 0.5) is 0 Å². The molecule has 0 bridgehead atoms. The van der Waals surface area contributed by atoms with Crippen molar-refractivity contribution in [3.05, 3.63) is 155 Å². The summed E-state index contributed by atoms with van der Waals surface area (Å²) in [4.78, 5) is 28.7. The monoisotopic (exact) mass is 660 g/mol. The lowest BCUT2D eigenvalue weighted by Gasteiger charge is -2.41. The number of hydrogen-bond acceptors (Lipinski definition) is 7. The molecule has 1 aliphatic rings. The van der Waals surface area contributed by atoms with Gasteiger partial charge < -0.3 is 25.0 Å². The van der Waals surface area contributed by atoms with Crippen LogP contribution in [-0.4, -0.2) is 38.9 Å². The van der Waals surface area contributed by atoms with Gasteiger partial charge in [-0.1, -0.05) is 73.7 Å². The third-order valence-electron chi connectivity index (χ3n) is 8.46. The van der Waals surface area contributed by atoms with E-state index in [0.29, 0.717) is 17.9 Å². The Morgan fingerprint density at radius 2 is 1.56 bits per heavy atom. The van der Waals surface area contributed by atoms with Gasteiger partial charge in [-0.05, 0) is 70.3 Å². The maximum Gasteiger partial charge on any atom is 0.335 e. The Hall–Kier alpha value is -4.80. The summed E-state index contributed by atoms with van der Waals surface area (Å²) in [7, 11) is 0. The van der Waals surface area contributed by atoms with Gasteiger partial charge in [0.05, 0.1) is 29.9 Å². The summed E-state index contributed by atoms with van der Waals surface area (Å²) in [5.74, 6) is -0.446. The quantitative estimate of drug-likeness (QED) is 0.125. The second-order valence-electron chi connectivity index (χ2n) is 11.7. The number of aromatic nitrogens is 1. The summed E-state index contributed by atoms with van der Waals surface area (Å²) in [6.45, 7) is 2.49. The van der Waals surface area contributed by atoms with E-state index in [1.54, 1.807) is 48.4 Å². The van der Waals surface area contributed by atoms with E-state index in [2.05, 4.69) is 23.3 Å². The highest BCUT2D eigenvalue weighted by atomic mass is 32.2. The van der Waals surface area contributed by atoms with Gasteiger partial charge in [0.2, 0.25) is 0 Å². The Kier molecular flexibility index (Phi) is 10.6. The highest BCUT2D eigenvalue weighted by molar-refractivity contribution is 7.99. The van der Waals surface area contributed by atoms with Crippen molar-refractivity contribution in [2.75, 3.05) is 5.75 Å². The number of rotatable bonds is 11. The van der Waals surface area contributed by atoms with Gasteiger partial charge in [0.1, 0.15) is 0 Å². The number of aliphatic hydroxyl groups excluding tert-OH is 1. The Bertz CT molecular complexity index is 1830. The number of amides is 1. The van der Waals surface area contributed by atoms with Crippen LogP contribution in [0, 0.1) is 5.92 Å². The zero-order valence-electron chi connectivity index (χ0n) is 26.4. The SMILES string of the molecule is CC1C(CSc2ccc(C(=O)O)cc2)OC(c2ccc(-c3cccc(CNC(=O)c4cccnc4)c3)cc2)OC1c1ccc(CO)cc1. The first-order valence-corrected chi connectivity index (χ1v) is 16.7. The zero-order valence-corrected chi connectivity index (χ0v) is 27.2. The van der Waals surface area contributed by atoms with Gasteiger partial charge in [0.15, 0.2) is 6.29 Å². The fraction of sp³-hybridized carbons (Fsp3) is 0.205. The van der Waals surface area contributed by atoms with Crippen LogP contribution in [0.15, 0.2) is 126 Å². The minimum absolute atomic E-state index is 0.0210. The lowest BCUT2D eigenvalue weighted by Crippen LogP contribution is -2.38. The van der Waals surface area contributed by atoms with Gasteiger partial charge in [-0.3, -0.25) is 9.78 Å². The fourth-order valence-corrected chi connectivity index (χ4v) is 6.72. The third kappa shape index (κ3) is 8.00. The molecule has 9 heteroatoms. The molecular formula is C39H36N2O6S. The number of nitrogens with zero attached hydrogens (tertiary/aromatic N) is 1. The zero-order chi connectivity index (χ0) is 33.5. The third-order valence-corrected chi connectivity index (χ3v) is 9.56. The molecule has 5 aromatic rings. The summed E-state index contributed by atoms with van der Waals surface area (Å²) in [5.41, 5.74) is 6.54. The summed E-state index contributed by atoms with van der Waals surface area (Å²) >= 11 is 1.62. The van der Waals surface area contributed by atoms with Crippen LogP contribution in [-0.2, 0) is 22.6 Å². The van der Waals surface area contributed by atoms with E-state index in [-0.39, 0.29) is 36.2 Å². The molecule has 0 saturated carbocycles. The number of carboxylic acid groups (broad SMARTS) is 1. The van der Waals surface area contributed by atoms with Crippen molar-refractivity contribution < 1.29 is 29.3 Å². The maximum absolute atomic E-state index is 12.5. The van der Waals surface area contributed by atoms with Gasteiger partial charge in [0, 0.05) is 41.1 Å². The lowest BCUT2D eigenvalue weighted by molar-refractivity contribution is -0.268. The molecule has 3 N–H and O–H groups in total. The van der Waals surface area contributed by atoms with Gasteiger partial charge in [0.25, 0.3) is 5.91 Å². The normalized spacial score (nSPS) is 19.0. The number of aromatic carboxylic acids is 1. The van der Waals surface area contributed by atoms with Crippen LogP contribution in [0.1, 0.15) is 62.3 Å². The van der Waals surface area contributed by atoms with Crippen molar-refractivity contribution in [1.82, 2.24) is 10.3 Å². The Balaban J connectivity index is 1.18. The first kappa shape index (κ1) is 33.1. The van der Waals surface area contributed by atoms with Crippen LogP contribution in [0.3, 0.4) is 0 Å². The maximum atomic E-state index is 12.5. The topological polar surface area (TPSA) is 118 Å². The molecule has 244 valence electrons. The van der Waals surface area contributed by atoms with E-state index < -0.39 is 12.3 Å². The predicted molar refractivity (Wildman–Crippen MR) is 184 cm³/mol. The molecule has 0 radical (unpaired) electrons. The van der Waals surface area contributed by atoms with E-state index in [4.69, 9.17) is 9.47 Å². The van der Waals surface area contributed by atoms with Crippen molar-refractivity contribution in [3.8, 4) is 11.1 Å². The Morgan fingerprint density at radius 3 is 2.25 bits per heavy atom. The van der Waals surface area contributed by atoms with Crippen molar-refractivity contribution >= 4 is 23.6 Å². The predicted octanol–water partition coefficient (Wildman–Crippen LogP) is 7.45. The van der Waals surface area contributed by atoms with E-state index >= 15 is 0 Å². The van der Waals surface area contributed by atoms with Crippen molar-refractivity contribution in [2.45, 2.75) is 43.5 Å². The fourth-order valence-electron chi connectivity index (χ4n) is 5.66. The van der Waals surface area contributed by atoms with Crippen LogP contribution in [0.2, 0.25) is 0 Å². The average Bonchev–Trinajstić information content (AvgIpc) is 3.14. The van der Waals surface area contributed by atoms with Gasteiger partial charge in [-0.2, -0.15) is 0 Å². The van der Waals surface area contributed by atoms with E-state index in [1.807, 2.05) is 78.9 Å². The first-order chi connectivity index (χ1) is 23.4. The number of ether oxygens (including phenoxy) is 2. The number of aliphatic hydroxyl groups is 1. The van der Waals surface area contributed by atoms with Gasteiger partial charge in [-0.15, -0.1) is 11.8 Å². The van der Waals surface area contributed by atoms with Crippen molar-refractivity contribution in [1.29, 1.82) is 0 Å². The van der Waals surface area contributed by atoms with Crippen LogP contribution in [0.5, 0.6) is 0 Å². The highest BCUT2D eigenvalue weighted by Crippen LogP contribution is 2.43. The summed E-state index contributed by atoms with van der Waals surface area (Å²) in [6.07, 6.45) is 2.18. The lowest BCUT2D eigenvalue weighted by atomic mass is 9.91. The first-order valence-electron chi connectivity index (χ1n) is 15.7. The number of carbonyl (C=O) groups is 2. The van der Waals surface area contributed by atoms with E-state index in [0.717, 1.165) is 38.3 Å². The number of pyridine rings is 1.